The van der Waals surface area contributed by atoms with Gasteiger partial charge in [-0.05, 0) is 71.9 Å². The molecule has 0 spiro atoms. The third-order valence-corrected chi connectivity index (χ3v) is 8.24. The van der Waals surface area contributed by atoms with E-state index in [1.54, 1.807) is 0 Å². The van der Waals surface area contributed by atoms with Crippen LogP contribution in [0, 0.1) is 0 Å². The molecule has 3 rings (SSSR count). The highest BCUT2D eigenvalue weighted by molar-refractivity contribution is 8.33. The van der Waals surface area contributed by atoms with Crippen molar-refractivity contribution in [3.8, 4) is 0 Å². The molecule has 1 heterocycles. The van der Waals surface area contributed by atoms with Crippen molar-refractivity contribution in [3.05, 3.63) is 60.7 Å². The van der Waals surface area contributed by atoms with Gasteiger partial charge in [0, 0.05) is 6.04 Å². The maximum absolute atomic E-state index is 3.65. The molecule has 0 bridgehead atoms. The standard InChI is InChI=1S/C19H25NS/c1-21(18-10-4-2-5-11-18,19-12-6-3-7-13-19)16-14-17-9-8-15-20-17/h2-7,10-13,17,20H,8-9,14-16H2,1H3/t17-/m1/s1. The molecule has 1 nitrogen and oxygen atoms in total. The van der Waals surface area contributed by atoms with Crippen LogP contribution in [0.4, 0.5) is 0 Å². The topological polar surface area (TPSA) is 12.0 Å². The Morgan fingerprint density at radius 1 is 0.952 bits per heavy atom. The predicted octanol–water partition coefficient (Wildman–Crippen LogP) is 4.68. The summed E-state index contributed by atoms with van der Waals surface area (Å²) >= 11 is 0. The van der Waals surface area contributed by atoms with E-state index in [-0.39, 0.29) is 0 Å². The largest absolute Gasteiger partial charge is 0.314 e. The molecule has 1 aliphatic heterocycles. The summed E-state index contributed by atoms with van der Waals surface area (Å²) in [5.41, 5.74) is 0. The summed E-state index contributed by atoms with van der Waals surface area (Å²) in [5.74, 6) is 1.28. The molecule has 1 aliphatic rings. The minimum Gasteiger partial charge on any atom is -0.314 e. The van der Waals surface area contributed by atoms with E-state index in [1.807, 2.05) is 0 Å². The van der Waals surface area contributed by atoms with Gasteiger partial charge in [0.25, 0.3) is 0 Å². The van der Waals surface area contributed by atoms with Gasteiger partial charge in [-0.3, -0.25) is 0 Å². The maximum Gasteiger partial charge on any atom is 0.00750 e. The van der Waals surface area contributed by atoms with Crippen molar-refractivity contribution in [1.82, 2.24) is 5.32 Å². The van der Waals surface area contributed by atoms with Crippen molar-refractivity contribution in [1.29, 1.82) is 0 Å². The SMILES string of the molecule is CS(CC[C@H]1CCCN1)(c1ccccc1)c1ccccc1. The van der Waals surface area contributed by atoms with E-state index in [4.69, 9.17) is 0 Å². The number of benzene rings is 2. The van der Waals surface area contributed by atoms with Gasteiger partial charge in [0.1, 0.15) is 0 Å². The Balaban J connectivity index is 1.87. The highest BCUT2D eigenvalue weighted by Gasteiger charge is 2.25. The van der Waals surface area contributed by atoms with Gasteiger partial charge < -0.3 is 5.32 Å². The fourth-order valence-corrected chi connectivity index (χ4v) is 6.21. The van der Waals surface area contributed by atoms with Crippen LogP contribution in [0.3, 0.4) is 0 Å². The lowest BCUT2D eigenvalue weighted by molar-refractivity contribution is 0.590. The molecule has 0 radical (unpaired) electrons. The smallest absolute Gasteiger partial charge is 0.00750 e. The van der Waals surface area contributed by atoms with Crippen molar-refractivity contribution in [2.75, 3.05) is 18.6 Å². The van der Waals surface area contributed by atoms with Gasteiger partial charge in [-0.15, -0.1) is 0 Å². The Morgan fingerprint density at radius 2 is 1.52 bits per heavy atom. The number of nitrogens with one attached hydrogen (secondary N) is 1. The monoisotopic (exact) mass is 299 g/mol. The third kappa shape index (κ3) is 3.33. The zero-order valence-corrected chi connectivity index (χ0v) is 13.6. The van der Waals surface area contributed by atoms with Crippen LogP contribution in [0.5, 0.6) is 0 Å². The molecule has 1 saturated heterocycles. The molecular formula is C19H25NS. The number of hydrogen-bond acceptors (Lipinski definition) is 1. The van der Waals surface area contributed by atoms with Gasteiger partial charge in [0.2, 0.25) is 0 Å². The molecule has 2 heteroatoms. The first-order valence-corrected chi connectivity index (χ1v) is 10.1. The Kier molecular flexibility index (Phi) is 4.67. The average molecular weight is 299 g/mol. The molecular weight excluding hydrogens is 274 g/mol. The second kappa shape index (κ2) is 6.67. The Labute approximate surface area is 130 Å². The Bertz CT molecular complexity index is 507. The highest BCUT2D eigenvalue weighted by atomic mass is 32.3. The molecule has 0 aliphatic carbocycles. The summed E-state index contributed by atoms with van der Waals surface area (Å²) in [6, 6.07) is 22.9. The molecule has 0 aromatic heterocycles. The molecule has 1 fully saturated rings. The van der Waals surface area contributed by atoms with Crippen LogP contribution < -0.4 is 5.32 Å². The normalized spacial score (nSPS) is 19.6. The zero-order chi connectivity index (χ0) is 14.5. The van der Waals surface area contributed by atoms with Crippen molar-refractivity contribution < 1.29 is 0 Å². The van der Waals surface area contributed by atoms with Gasteiger partial charge in [-0.1, -0.05) is 36.4 Å². The van der Waals surface area contributed by atoms with E-state index >= 15 is 0 Å². The summed E-state index contributed by atoms with van der Waals surface area (Å²) in [4.78, 5) is 3.02. The van der Waals surface area contributed by atoms with Gasteiger partial charge in [-0.2, -0.15) is 10.0 Å². The minimum atomic E-state index is -0.924. The summed E-state index contributed by atoms with van der Waals surface area (Å²) < 4.78 is 0. The molecule has 2 aromatic carbocycles. The quantitative estimate of drug-likeness (QED) is 0.845. The maximum atomic E-state index is 3.65. The van der Waals surface area contributed by atoms with Crippen LogP contribution in [0.25, 0.3) is 0 Å². The minimum absolute atomic E-state index is 0.726. The average Bonchev–Trinajstić information content (AvgIpc) is 3.08. The lowest BCUT2D eigenvalue weighted by Gasteiger charge is -2.38. The molecule has 0 amide bonds. The van der Waals surface area contributed by atoms with Gasteiger partial charge in [-0.25, -0.2) is 0 Å². The van der Waals surface area contributed by atoms with Crippen LogP contribution >= 0.6 is 10.0 Å². The van der Waals surface area contributed by atoms with Crippen LogP contribution in [0.2, 0.25) is 0 Å². The van der Waals surface area contributed by atoms with Crippen LogP contribution in [-0.2, 0) is 0 Å². The fourth-order valence-electron chi connectivity index (χ4n) is 3.19. The van der Waals surface area contributed by atoms with Crippen molar-refractivity contribution in [2.45, 2.75) is 35.1 Å². The summed E-state index contributed by atoms with van der Waals surface area (Å²) in [6.45, 7) is 1.20. The van der Waals surface area contributed by atoms with Crippen LogP contribution in [0.1, 0.15) is 19.3 Å². The van der Waals surface area contributed by atoms with E-state index in [9.17, 15) is 0 Å². The first kappa shape index (κ1) is 14.7. The van der Waals surface area contributed by atoms with E-state index in [2.05, 4.69) is 72.2 Å². The molecule has 2 aromatic rings. The van der Waals surface area contributed by atoms with Gasteiger partial charge in [0.15, 0.2) is 0 Å². The molecule has 1 atom stereocenters. The van der Waals surface area contributed by atoms with E-state index in [0.29, 0.717) is 0 Å². The van der Waals surface area contributed by atoms with E-state index in [1.165, 1.54) is 41.4 Å². The van der Waals surface area contributed by atoms with Crippen molar-refractivity contribution in [2.24, 2.45) is 0 Å². The molecule has 112 valence electrons. The third-order valence-electron chi connectivity index (χ3n) is 4.56. The molecule has 0 unspecified atom stereocenters. The molecule has 0 saturated carbocycles. The second-order valence-corrected chi connectivity index (χ2v) is 9.53. The first-order valence-electron chi connectivity index (χ1n) is 7.89. The van der Waals surface area contributed by atoms with E-state index < -0.39 is 10.0 Å². The predicted molar refractivity (Wildman–Crippen MR) is 93.4 cm³/mol. The van der Waals surface area contributed by atoms with Crippen LogP contribution in [0.15, 0.2) is 70.5 Å². The molecule has 1 N–H and O–H groups in total. The summed E-state index contributed by atoms with van der Waals surface area (Å²) in [6.07, 6.45) is 6.45. The highest BCUT2D eigenvalue weighted by Crippen LogP contribution is 2.59. The summed E-state index contributed by atoms with van der Waals surface area (Å²) in [7, 11) is -0.924. The van der Waals surface area contributed by atoms with Gasteiger partial charge in [0.05, 0.1) is 0 Å². The fraction of sp³-hybridized carbons (Fsp3) is 0.368. The molecule has 21 heavy (non-hydrogen) atoms. The van der Waals surface area contributed by atoms with Crippen molar-refractivity contribution >= 4 is 10.0 Å². The Hall–Kier alpha value is -1.25. The second-order valence-electron chi connectivity index (χ2n) is 6.00. The zero-order valence-electron chi connectivity index (χ0n) is 12.8. The lowest BCUT2D eigenvalue weighted by atomic mass is 10.2. The lowest BCUT2D eigenvalue weighted by Crippen LogP contribution is -2.23. The number of rotatable bonds is 5. The van der Waals surface area contributed by atoms with Gasteiger partial charge >= 0.3 is 0 Å². The van der Waals surface area contributed by atoms with Crippen LogP contribution in [-0.4, -0.2) is 24.6 Å². The summed E-state index contributed by atoms with van der Waals surface area (Å²) in [5, 5.41) is 3.65. The number of hydrogen-bond donors (Lipinski definition) is 1. The van der Waals surface area contributed by atoms with Crippen molar-refractivity contribution in [3.63, 3.8) is 0 Å². The van der Waals surface area contributed by atoms with E-state index in [0.717, 1.165) is 6.04 Å². The first-order chi connectivity index (χ1) is 10.3. The Morgan fingerprint density at radius 3 is 2.00 bits per heavy atom.